The lowest BCUT2D eigenvalue weighted by atomic mass is 10.2. The number of carbonyl (C=O) groups excluding carboxylic acids is 2. The van der Waals surface area contributed by atoms with E-state index in [1.165, 1.54) is 0 Å². The Morgan fingerprint density at radius 3 is 2.33 bits per heavy atom. The van der Waals surface area contributed by atoms with Crippen LogP contribution in [0.3, 0.4) is 0 Å². The van der Waals surface area contributed by atoms with Gasteiger partial charge in [0.15, 0.2) is 0 Å². The minimum absolute atomic E-state index is 0.00396. The van der Waals surface area contributed by atoms with Crippen LogP contribution in [0.25, 0.3) is 0 Å². The van der Waals surface area contributed by atoms with Gasteiger partial charge in [-0.25, -0.2) is 0 Å². The fourth-order valence-electron chi connectivity index (χ4n) is 1.27. The predicted molar refractivity (Wildman–Crippen MR) is 59.2 cm³/mol. The first kappa shape index (κ1) is 13.9. The lowest BCUT2D eigenvalue weighted by Crippen LogP contribution is -2.33. The van der Waals surface area contributed by atoms with Crippen LogP contribution >= 0.6 is 0 Å². The van der Waals surface area contributed by atoms with E-state index >= 15 is 0 Å². The molecular weight excluding hydrogens is 194 g/mol. The van der Waals surface area contributed by atoms with Crippen LogP contribution in [0.5, 0.6) is 0 Å². The average molecular weight is 215 g/mol. The second-order valence-electron chi connectivity index (χ2n) is 3.22. The minimum atomic E-state index is -0.176. The van der Waals surface area contributed by atoms with E-state index in [4.69, 9.17) is 5.73 Å². The van der Waals surface area contributed by atoms with E-state index in [-0.39, 0.29) is 18.4 Å². The smallest absolute Gasteiger partial charge is 0.233 e. The molecule has 15 heavy (non-hydrogen) atoms. The molecule has 0 saturated carbocycles. The van der Waals surface area contributed by atoms with Crippen molar-refractivity contribution in [1.29, 1.82) is 0 Å². The van der Waals surface area contributed by atoms with E-state index in [2.05, 4.69) is 5.32 Å². The fraction of sp³-hybridized carbons (Fsp3) is 0.800. The Kier molecular flexibility index (Phi) is 7.62. The van der Waals surface area contributed by atoms with Crippen molar-refractivity contribution in [3.8, 4) is 0 Å². The second kappa shape index (κ2) is 8.23. The van der Waals surface area contributed by atoms with Crippen molar-refractivity contribution in [2.24, 2.45) is 5.73 Å². The zero-order valence-corrected chi connectivity index (χ0v) is 9.58. The number of carbonyl (C=O) groups is 2. The number of nitrogens with one attached hydrogen (secondary N) is 1. The third kappa shape index (κ3) is 6.06. The molecule has 0 spiro atoms. The van der Waals surface area contributed by atoms with Crippen LogP contribution in [-0.4, -0.2) is 42.9 Å². The largest absolute Gasteiger partial charge is 0.355 e. The van der Waals surface area contributed by atoms with Gasteiger partial charge >= 0.3 is 0 Å². The molecule has 0 aromatic rings. The maximum atomic E-state index is 11.5. The van der Waals surface area contributed by atoms with Crippen molar-refractivity contribution in [2.45, 2.75) is 26.7 Å². The lowest BCUT2D eigenvalue weighted by Gasteiger charge is -2.18. The summed E-state index contributed by atoms with van der Waals surface area (Å²) >= 11 is 0. The van der Waals surface area contributed by atoms with Crippen molar-refractivity contribution in [1.82, 2.24) is 10.2 Å². The van der Waals surface area contributed by atoms with Gasteiger partial charge in [-0.3, -0.25) is 9.59 Å². The highest BCUT2D eigenvalue weighted by molar-refractivity contribution is 5.78. The molecule has 2 amide bonds. The van der Waals surface area contributed by atoms with E-state index in [0.717, 1.165) is 13.1 Å². The third-order valence-corrected chi connectivity index (χ3v) is 2.19. The van der Waals surface area contributed by atoms with Crippen molar-refractivity contribution >= 4 is 11.8 Å². The first-order valence-corrected chi connectivity index (χ1v) is 5.40. The topological polar surface area (TPSA) is 75.4 Å². The first-order chi connectivity index (χ1) is 7.15. The van der Waals surface area contributed by atoms with Crippen LogP contribution in [0.4, 0.5) is 0 Å². The van der Waals surface area contributed by atoms with Crippen LogP contribution in [0, 0.1) is 0 Å². The normalized spacial score (nSPS) is 9.80. The number of rotatable bonds is 7. The molecule has 0 atom stereocenters. The Labute approximate surface area is 91.0 Å². The van der Waals surface area contributed by atoms with Gasteiger partial charge < -0.3 is 16.0 Å². The fourth-order valence-corrected chi connectivity index (χ4v) is 1.27. The molecule has 0 saturated heterocycles. The van der Waals surface area contributed by atoms with Crippen molar-refractivity contribution in [3.63, 3.8) is 0 Å². The van der Waals surface area contributed by atoms with E-state index in [1.807, 2.05) is 13.8 Å². The Bertz CT molecular complexity index is 203. The monoisotopic (exact) mass is 215 g/mol. The van der Waals surface area contributed by atoms with Gasteiger partial charge in [-0.05, 0) is 20.3 Å². The SMILES string of the molecule is CCN(CC)C(=O)CCCNC(=O)CN. The molecule has 0 heterocycles. The van der Waals surface area contributed by atoms with E-state index < -0.39 is 0 Å². The van der Waals surface area contributed by atoms with Crippen LogP contribution < -0.4 is 11.1 Å². The molecule has 0 aromatic heterocycles. The van der Waals surface area contributed by atoms with E-state index in [0.29, 0.717) is 19.4 Å². The summed E-state index contributed by atoms with van der Waals surface area (Å²) in [7, 11) is 0. The third-order valence-electron chi connectivity index (χ3n) is 2.19. The summed E-state index contributed by atoms with van der Waals surface area (Å²) in [5, 5.41) is 2.63. The van der Waals surface area contributed by atoms with Crippen molar-refractivity contribution < 1.29 is 9.59 Å². The number of hydrogen-bond donors (Lipinski definition) is 2. The molecule has 0 aliphatic heterocycles. The zero-order valence-electron chi connectivity index (χ0n) is 9.58. The molecule has 0 aliphatic carbocycles. The summed E-state index contributed by atoms with van der Waals surface area (Å²) in [6.07, 6.45) is 1.15. The molecule has 0 bridgehead atoms. The lowest BCUT2D eigenvalue weighted by molar-refractivity contribution is -0.131. The van der Waals surface area contributed by atoms with Gasteiger partial charge in [0, 0.05) is 26.1 Å². The van der Waals surface area contributed by atoms with Gasteiger partial charge in [-0.15, -0.1) is 0 Å². The van der Waals surface area contributed by atoms with Gasteiger partial charge in [0.25, 0.3) is 0 Å². The summed E-state index contributed by atoms with van der Waals surface area (Å²) in [5.74, 6) is -0.0349. The van der Waals surface area contributed by atoms with Gasteiger partial charge in [0.1, 0.15) is 0 Å². The quantitative estimate of drug-likeness (QED) is 0.573. The van der Waals surface area contributed by atoms with Gasteiger partial charge in [-0.1, -0.05) is 0 Å². The summed E-state index contributed by atoms with van der Waals surface area (Å²) < 4.78 is 0. The summed E-state index contributed by atoms with van der Waals surface area (Å²) in [4.78, 5) is 24.1. The molecule has 0 aromatic carbocycles. The predicted octanol–water partition coefficient (Wildman–Crippen LogP) is -0.290. The average Bonchev–Trinajstić information content (AvgIpc) is 2.25. The standard InChI is InChI=1S/C10H21N3O2/c1-3-13(4-2)10(15)6-5-7-12-9(14)8-11/h3-8,11H2,1-2H3,(H,12,14). The van der Waals surface area contributed by atoms with E-state index in [1.54, 1.807) is 4.90 Å². The van der Waals surface area contributed by atoms with Crippen LogP contribution in [0.15, 0.2) is 0 Å². The summed E-state index contributed by atoms with van der Waals surface area (Å²) in [6.45, 7) is 5.91. The molecule has 5 nitrogen and oxygen atoms in total. The van der Waals surface area contributed by atoms with Crippen LogP contribution in [-0.2, 0) is 9.59 Å². The maximum absolute atomic E-state index is 11.5. The molecule has 0 unspecified atom stereocenters. The van der Waals surface area contributed by atoms with Gasteiger partial charge in [-0.2, -0.15) is 0 Å². The molecule has 0 fully saturated rings. The number of hydrogen-bond acceptors (Lipinski definition) is 3. The highest BCUT2D eigenvalue weighted by Gasteiger charge is 2.08. The maximum Gasteiger partial charge on any atom is 0.233 e. The van der Waals surface area contributed by atoms with Gasteiger partial charge in [0.05, 0.1) is 6.54 Å². The Morgan fingerprint density at radius 2 is 1.87 bits per heavy atom. The molecule has 0 radical (unpaired) electrons. The van der Waals surface area contributed by atoms with Crippen LogP contribution in [0.1, 0.15) is 26.7 Å². The molecule has 0 rings (SSSR count). The molecular formula is C10H21N3O2. The second-order valence-corrected chi connectivity index (χ2v) is 3.22. The first-order valence-electron chi connectivity index (χ1n) is 5.40. The number of nitrogens with two attached hydrogens (primary N) is 1. The molecule has 5 heteroatoms. The summed E-state index contributed by atoms with van der Waals surface area (Å²) in [6, 6.07) is 0. The molecule has 88 valence electrons. The molecule has 0 aliphatic rings. The van der Waals surface area contributed by atoms with E-state index in [9.17, 15) is 9.59 Å². The minimum Gasteiger partial charge on any atom is -0.355 e. The van der Waals surface area contributed by atoms with Gasteiger partial charge in [0.2, 0.25) is 11.8 Å². The zero-order chi connectivity index (χ0) is 11.7. The number of amides is 2. The Hall–Kier alpha value is -1.10. The molecule has 3 N–H and O–H groups in total. The summed E-state index contributed by atoms with van der Waals surface area (Å²) in [5.41, 5.74) is 5.12. The number of nitrogens with zero attached hydrogens (tertiary/aromatic N) is 1. The highest BCUT2D eigenvalue weighted by Crippen LogP contribution is 1.96. The van der Waals surface area contributed by atoms with Crippen molar-refractivity contribution in [2.75, 3.05) is 26.2 Å². The van der Waals surface area contributed by atoms with Crippen LogP contribution in [0.2, 0.25) is 0 Å². The Balaban J connectivity index is 3.58. The highest BCUT2D eigenvalue weighted by atomic mass is 16.2. The Morgan fingerprint density at radius 1 is 1.27 bits per heavy atom. The van der Waals surface area contributed by atoms with Crippen molar-refractivity contribution in [3.05, 3.63) is 0 Å².